The van der Waals surface area contributed by atoms with Crippen molar-refractivity contribution in [1.82, 2.24) is 19.4 Å². The number of hydrogen-bond acceptors (Lipinski definition) is 7. The summed E-state index contributed by atoms with van der Waals surface area (Å²) in [5, 5.41) is 0.747. The van der Waals surface area contributed by atoms with Crippen LogP contribution in [-0.4, -0.2) is 56.2 Å². The molecule has 5 rings (SSSR count). The highest BCUT2D eigenvalue weighted by Crippen LogP contribution is 2.34. The van der Waals surface area contributed by atoms with Gasteiger partial charge < -0.3 is 15.4 Å². The average molecular weight is 456 g/mol. The summed E-state index contributed by atoms with van der Waals surface area (Å²) in [6.07, 6.45) is 5.87. The number of carbonyl (C=O) groups is 2. The van der Waals surface area contributed by atoms with Crippen LogP contribution in [0.4, 0.5) is 0 Å². The lowest BCUT2D eigenvalue weighted by atomic mass is 10.1. The van der Waals surface area contributed by atoms with Crippen LogP contribution in [-0.2, 0) is 17.6 Å². The van der Waals surface area contributed by atoms with Crippen LogP contribution in [0.15, 0.2) is 28.3 Å². The lowest BCUT2D eigenvalue weighted by Gasteiger charge is -2.33. The molecule has 0 bridgehead atoms. The summed E-state index contributed by atoms with van der Waals surface area (Å²) in [6, 6.07) is 3.04. The van der Waals surface area contributed by atoms with Crippen molar-refractivity contribution in [3.8, 4) is 5.75 Å². The minimum absolute atomic E-state index is 0.0247. The lowest BCUT2D eigenvalue weighted by molar-refractivity contribution is -0.134. The molecule has 1 saturated heterocycles. The third kappa shape index (κ3) is 3.99. The molecule has 0 saturated carbocycles. The van der Waals surface area contributed by atoms with E-state index in [0.717, 1.165) is 48.5 Å². The van der Waals surface area contributed by atoms with Crippen molar-refractivity contribution in [3.05, 3.63) is 45.6 Å². The number of aromatic nitrogens is 3. The van der Waals surface area contributed by atoms with E-state index in [1.54, 1.807) is 22.4 Å². The Bertz CT molecular complexity index is 1130. The van der Waals surface area contributed by atoms with Gasteiger partial charge in [-0.1, -0.05) is 11.8 Å². The number of likely N-dealkylation sites (tertiary alicyclic amines) is 1. The normalized spacial score (nSPS) is 21.8. The first-order valence-electron chi connectivity index (χ1n) is 11.0. The van der Waals surface area contributed by atoms with E-state index >= 15 is 0 Å². The van der Waals surface area contributed by atoms with Crippen molar-refractivity contribution in [3.63, 3.8) is 0 Å². The van der Waals surface area contributed by atoms with Crippen LogP contribution in [0.25, 0.3) is 0 Å². The number of nitrogens with zero attached hydrogens (tertiary/aromatic N) is 4. The highest BCUT2D eigenvalue weighted by atomic mass is 32.2. The highest BCUT2D eigenvalue weighted by molar-refractivity contribution is 7.99. The molecule has 168 valence electrons. The number of rotatable bonds is 5. The second-order valence-corrected chi connectivity index (χ2v) is 9.47. The van der Waals surface area contributed by atoms with E-state index in [0.29, 0.717) is 24.6 Å². The number of carbonyl (C=O) groups excluding carboxylic acids is 2. The third-order valence-electron chi connectivity index (χ3n) is 6.30. The number of amides is 2. The maximum absolute atomic E-state index is 13.1. The van der Waals surface area contributed by atoms with Crippen LogP contribution >= 0.6 is 11.8 Å². The summed E-state index contributed by atoms with van der Waals surface area (Å²) in [6.45, 7) is 1.14. The molecule has 1 aliphatic carbocycles. The van der Waals surface area contributed by atoms with Gasteiger partial charge in [-0.25, -0.2) is 4.98 Å². The van der Waals surface area contributed by atoms with E-state index < -0.39 is 5.91 Å². The van der Waals surface area contributed by atoms with Gasteiger partial charge in [0.05, 0.1) is 18.3 Å². The molecule has 1 fully saturated rings. The van der Waals surface area contributed by atoms with E-state index in [2.05, 4.69) is 9.97 Å². The Labute approximate surface area is 189 Å². The molecule has 9 nitrogen and oxygen atoms in total. The molecule has 0 aromatic carbocycles. The molecule has 2 amide bonds. The monoisotopic (exact) mass is 455 g/mol. The smallest absolute Gasteiger partial charge is 0.267 e. The number of ether oxygens (including phenoxy) is 1. The predicted octanol–water partition coefficient (Wildman–Crippen LogP) is 1.33. The van der Waals surface area contributed by atoms with Gasteiger partial charge in [-0.3, -0.25) is 23.9 Å². The summed E-state index contributed by atoms with van der Waals surface area (Å²) in [5.74, 6) is 0.621. The molecule has 0 spiro atoms. The Kier molecular flexibility index (Phi) is 5.62. The van der Waals surface area contributed by atoms with Gasteiger partial charge in [0, 0.05) is 36.5 Å². The summed E-state index contributed by atoms with van der Waals surface area (Å²) in [5.41, 5.74) is 7.24. The molecule has 10 heteroatoms. The molecular weight excluding hydrogens is 430 g/mol. The summed E-state index contributed by atoms with van der Waals surface area (Å²) >= 11 is 1.56. The van der Waals surface area contributed by atoms with Gasteiger partial charge in [-0.05, 0) is 38.2 Å². The first-order chi connectivity index (χ1) is 15.5. The van der Waals surface area contributed by atoms with Crippen molar-refractivity contribution in [1.29, 1.82) is 0 Å². The molecule has 2 aliphatic heterocycles. The fourth-order valence-electron chi connectivity index (χ4n) is 4.71. The topological polar surface area (TPSA) is 120 Å². The molecule has 2 atom stereocenters. The Morgan fingerprint density at radius 3 is 3.00 bits per heavy atom. The highest BCUT2D eigenvalue weighted by Gasteiger charge is 2.33. The van der Waals surface area contributed by atoms with E-state index in [1.807, 2.05) is 4.90 Å². The van der Waals surface area contributed by atoms with E-state index in [1.165, 1.54) is 12.3 Å². The third-order valence-corrected chi connectivity index (χ3v) is 7.40. The summed E-state index contributed by atoms with van der Waals surface area (Å²) < 4.78 is 7.75. The molecule has 2 aromatic heterocycles. The van der Waals surface area contributed by atoms with E-state index in [4.69, 9.17) is 10.5 Å². The fourth-order valence-corrected chi connectivity index (χ4v) is 5.86. The molecule has 4 heterocycles. The van der Waals surface area contributed by atoms with Gasteiger partial charge in [0.1, 0.15) is 17.5 Å². The number of thioether (sulfide) groups is 1. The minimum atomic E-state index is -0.610. The number of hydrogen-bond donors (Lipinski definition) is 1. The van der Waals surface area contributed by atoms with Gasteiger partial charge in [-0.2, -0.15) is 0 Å². The molecule has 2 aromatic rings. The Hall–Kier alpha value is -2.88. The maximum atomic E-state index is 13.1. The number of pyridine rings is 1. The number of aryl methyl sites for hydroxylation is 1. The predicted molar refractivity (Wildman–Crippen MR) is 118 cm³/mol. The average Bonchev–Trinajstić information content (AvgIpc) is 3.42. The Morgan fingerprint density at radius 1 is 1.28 bits per heavy atom. The minimum Gasteiger partial charge on any atom is -0.488 e. The molecule has 2 unspecified atom stereocenters. The van der Waals surface area contributed by atoms with Crippen molar-refractivity contribution < 1.29 is 14.3 Å². The number of nitrogens with two attached hydrogens (primary N) is 1. The SMILES string of the molecule is NC(=O)c1cc(OC2CCCN(C(=O)CC3CSc4nc5c(c(=O)n43)CCC5)C2)ccn1. The van der Waals surface area contributed by atoms with Gasteiger partial charge >= 0.3 is 0 Å². The number of fused-ring (bicyclic) bond motifs is 2. The van der Waals surface area contributed by atoms with Gasteiger partial charge in [0.15, 0.2) is 5.16 Å². The molecule has 3 aliphatic rings. The second-order valence-electron chi connectivity index (χ2n) is 8.48. The summed E-state index contributed by atoms with van der Waals surface area (Å²) in [4.78, 5) is 47.9. The van der Waals surface area contributed by atoms with Crippen molar-refractivity contribution in [2.75, 3.05) is 18.8 Å². The molecule has 2 N–H and O–H groups in total. The van der Waals surface area contributed by atoms with Crippen LogP contribution < -0.4 is 16.0 Å². The number of piperidine rings is 1. The zero-order valence-corrected chi connectivity index (χ0v) is 18.5. The van der Waals surface area contributed by atoms with Gasteiger partial charge in [-0.15, -0.1) is 0 Å². The van der Waals surface area contributed by atoms with E-state index in [9.17, 15) is 14.4 Å². The fraction of sp³-hybridized carbons (Fsp3) is 0.500. The van der Waals surface area contributed by atoms with Crippen molar-refractivity contribution >= 4 is 23.6 Å². The number of primary amides is 1. The lowest BCUT2D eigenvalue weighted by Crippen LogP contribution is -2.45. The first-order valence-corrected chi connectivity index (χ1v) is 12.0. The van der Waals surface area contributed by atoms with Gasteiger partial charge in [0.2, 0.25) is 5.91 Å². The zero-order chi connectivity index (χ0) is 22.2. The Balaban J connectivity index is 1.25. The van der Waals surface area contributed by atoms with Crippen LogP contribution in [0.5, 0.6) is 5.75 Å². The van der Waals surface area contributed by atoms with Crippen LogP contribution in [0.3, 0.4) is 0 Å². The first kappa shape index (κ1) is 21.0. The largest absolute Gasteiger partial charge is 0.488 e. The van der Waals surface area contributed by atoms with E-state index in [-0.39, 0.29) is 35.7 Å². The van der Waals surface area contributed by atoms with Crippen molar-refractivity contribution in [2.45, 2.75) is 55.8 Å². The van der Waals surface area contributed by atoms with Crippen LogP contribution in [0, 0.1) is 0 Å². The molecule has 32 heavy (non-hydrogen) atoms. The quantitative estimate of drug-likeness (QED) is 0.675. The molecule has 0 radical (unpaired) electrons. The zero-order valence-electron chi connectivity index (χ0n) is 17.7. The van der Waals surface area contributed by atoms with Crippen molar-refractivity contribution in [2.24, 2.45) is 5.73 Å². The maximum Gasteiger partial charge on any atom is 0.267 e. The summed E-state index contributed by atoms with van der Waals surface area (Å²) in [7, 11) is 0. The molecular formula is C22H25N5O4S. The second kappa shape index (κ2) is 8.57. The standard InChI is InChI=1S/C22H25N5O4S/c23-20(29)18-10-14(6-7-24-18)31-15-3-2-8-26(11-15)19(28)9-13-12-32-22-25-17-5-1-4-16(17)21(30)27(13)22/h6-7,10,13,15H,1-5,8-9,11-12H2,(H2,23,29). The van der Waals surface area contributed by atoms with Gasteiger partial charge in [0.25, 0.3) is 11.5 Å². The van der Waals surface area contributed by atoms with Crippen LogP contribution in [0.1, 0.15) is 53.5 Å². The Morgan fingerprint density at radius 2 is 2.16 bits per heavy atom. The van der Waals surface area contributed by atoms with Crippen LogP contribution in [0.2, 0.25) is 0 Å².